The monoisotopic (exact) mass is 284 g/mol. The van der Waals surface area contributed by atoms with E-state index in [1.165, 1.54) is 24.6 Å². The molecule has 1 aromatic carbocycles. The number of carbonyl (C=O) groups is 1. The Kier molecular flexibility index (Phi) is 4.92. The van der Waals surface area contributed by atoms with Gasteiger partial charge in [0.05, 0.1) is 5.75 Å². The number of benzene rings is 1. The van der Waals surface area contributed by atoms with Crippen molar-refractivity contribution in [3.63, 3.8) is 0 Å². The highest BCUT2D eigenvalue weighted by Gasteiger charge is 2.28. The van der Waals surface area contributed by atoms with Crippen molar-refractivity contribution in [2.24, 2.45) is 11.7 Å². The summed E-state index contributed by atoms with van der Waals surface area (Å²) in [5.74, 6) is 1.07. The molecule has 1 amide bonds. The lowest BCUT2D eigenvalue weighted by molar-refractivity contribution is -0.118. The molecule has 98 valence electrons. The van der Waals surface area contributed by atoms with Gasteiger partial charge in [-0.25, -0.2) is 0 Å². The molecule has 0 radical (unpaired) electrons. The van der Waals surface area contributed by atoms with E-state index in [0.717, 1.165) is 4.90 Å². The van der Waals surface area contributed by atoms with E-state index in [1.807, 2.05) is 24.3 Å². The Hall–Kier alpha value is -0.710. The van der Waals surface area contributed by atoms with Crippen LogP contribution in [-0.2, 0) is 4.79 Å². The normalized spacial score (nSPS) is 16.3. The molecular weight excluding hydrogens is 268 g/mol. The highest BCUT2D eigenvalue weighted by atomic mass is 35.5. The van der Waals surface area contributed by atoms with Crippen LogP contribution in [0.4, 0.5) is 0 Å². The van der Waals surface area contributed by atoms with Gasteiger partial charge in [-0.15, -0.1) is 11.8 Å². The highest BCUT2D eigenvalue weighted by Crippen LogP contribution is 2.31. The molecule has 1 unspecified atom stereocenters. The van der Waals surface area contributed by atoms with Crippen molar-refractivity contribution >= 4 is 29.3 Å². The minimum Gasteiger partial charge on any atom is -0.354 e. The SMILES string of the molecule is NC(CNC(=O)CSc1ccc(Cl)cc1)C1CC1. The van der Waals surface area contributed by atoms with Crippen molar-refractivity contribution in [3.05, 3.63) is 29.3 Å². The first kappa shape index (κ1) is 13.7. The number of thioether (sulfide) groups is 1. The Balaban J connectivity index is 1.66. The van der Waals surface area contributed by atoms with Crippen LogP contribution in [0.2, 0.25) is 5.02 Å². The summed E-state index contributed by atoms with van der Waals surface area (Å²) in [7, 11) is 0. The van der Waals surface area contributed by atoms with Crippen LogP contribution in [0.3, 0.4) is 0 Å². The van der Waals surface area contributed by atoms with Crippen molar-refractivity contribution in [2.45, 2.75) is 23.8 Å². The molecule has 1 fully saturated rings. The van der Waals surface area contributed by atoms with Gasteiger partial charge in [0.15, 0.2) is 0 Å². The van der Waals surface area contributed by atoms with Gasteiger partial charge in [0.1, 0.15) is 0 Å². The van der Waals surface area contributed by atoms with Crippen LogP contribution in [0.1, 0.15) is 12.8 Å². The summed E-state index contributed by atoms with van der Waals surface area (Å²) >= 11 is 7.29. The highest BCUT2D eigenvalue weighted by molar-refractivity contribution is 8.00. The molecule has 1 aromatic rings. The van der Waals surface area contributed by atoms with Crippen molar-refractivity contribution < 1.29 is 4.79 Å². The molecular formula is C13H17ClN2OS. The van der Waals surface area contributed by atoms with E-state index < -0.39 is 0 Å². The number of hydrogen-bond acceptors (Lipinski definition) is 3. The quantitative estimate of drug-likeness (QED) is 0.788. The zero-order valence-electron chi connectivity index (χ0n) is 10.1. The zero-order chi connectivity index (χ0) is 13.0. The maximum absolute atomic E-state index is 11.6. The standard InChI is InChI=1S/C13H17ClN2OS/c14-10-3-5-11(6-4-10)18-8-13(17)16-7-12(15)9-1-2-9/h3-6,9,12H,1-2,7-8,15H2,(H,16,17). The van der Waals surface area contributed by atoms with E-state index in [9.17, 15) is 4.79 Å². The van der Waals surface area contributed by atoms with Crippen LogP contribution < -0.4 is 11.1 Å². The summed E-state index contributed by atoms with van der Waals surface area (Å²) in [6.45, 7) is 0.588. The Morgan fingerprint density at radius 2 is 2.11 bits per heavy atom. The molecule has 1 aliphatic rings. The Morgan fingerprint density at radius 3 is 2.72 bits per heavy atom. The minimum atomic E-state index is 0.0334. The molecule has 0 spiro atoms. The molecule has 18 heavy (non-hydrogen) atoms. The average Bonchev–Trinajstić information content (AvgIpc) is 3.19. The summed E-state index contributed by atoms with van der Waals surface area (Å²) in [6, 6.07) is 7.59. The molecule has 0 aliphatic heterocycles. The molecule has 3 N–H and O–H groups in total. The summed E-state index contributed by atoms with van der Waals surface area (Å²) < 4.78 is 0. The third-order valence-electron chi connectivity index (χ3n) is 2.95. The number of carbonyl (C=O) groups excluding carboxylic acids is 1. The molecule has 0 heterocycles. The third kappa shape index (κ3) is 4.52. The summed E-state index contributed by atoms with van der Waals surface area (Å²) in [6.07, 6.45) is 2.41. The largest absolute Gasteiger partial charge is 0.354 e. The summed E-state index contributed by atoms with van der Waals surface area (Å²) in [5.41, 5.74) is 5.92. The van der Waals surface area contributed by atoms with Crippen LogP contribution in [0.5, 0.6) is 0 Å². The van der Waals surface area contributed by atoms with Gasteiger partial charge in [-0.3, -0.25) is 4.79 Å². The van der Waals surface area contributed by atoms with Crippen molar-refractivity contribution in [2.75, 3.05) is 12.3 Å². The fourth-order valence-corrected chi connectivity index (χ4v) is 2.51. The Labute approximate surface area is 116 Å². The fourth-order valence-electron chi connectivity index (χ4n) is 1.65. The molecule has 1 atom stereocenters. The molecule has 3 nitrogen and oxygen atoms in total. The van der Waals surface area contributed by atoms with Crippen LogP contribution in [0.25, 0.3) is 0 Å². The van der Waals surface area contributed by atoms with Gasteiger partial charge < -0.3 is 11.1 Å². The van der Waals surface area contributed by atoms with Gasteiger partial charge in [0, 0.05) is 22.5 Å². The van der Waals surface area contributed by atoms with Crippen LogP contribution in [-0.4, -0.2) is 24.2 Å². The Morgan fingerprint density at radius 1 is 1.44 bits per heavy atom. The van der Waals surface area contributed by atoms with Crippen molar-refractivity contribution in [1.29, 1.82) is 0 Å². The number of halogens is 1. The molecule has 2 rings (SSSR count). The maximum atomic E-state index is 11.6. The number of rotatable bonds is 6. The number of nitrogens with one attached hydrogen (secondary N) is 1. The van der Waals surface area contributed by atoms with Gasteiger partial charge in [0.25, 0.3) is 0 Å². The third-order valence-corrected chi connectivity index (χ3v) is 4.21. The van der Waals surface area contributed by atoms with Gasteiger partial charge in [-0.1, -0.05) is 11.6 Å². The number of hydrogen-bond donors (Lipinski definition) is 2. The van der Waals surface area contributed by atoms with Gasteiger partial charge in [-0.05, 0) is 43.0 Å². The molecule has 0 saturated heterocycles. The van der Waals surface area contributed by atoms with E-state index in [0.29, 0.717) is 23.2 Å². The minimum absolute atomic E-state index is 0.0334. The van der Waals surface area contributed by atoms with Crippen molar-refractivity contribution in [3.8, 4) is 0 Å². The lowest BCUT2D eigenvalue weighted by Crippen LogP contribution is -2.39. The zero-order valence-corrected chi connectivity index (χ0v) is 11.6. The summed E-state index contributed by atoms with van der Waals surface area (Å²) in [4.78, 5) is 12.7. The van der Waals surface area contributed by atoms with Gasteiger partial charge >= 0.3 is 0 Å². The first-order valence-electron chi connectivity index (χ1n) is 6.06. The van der Waals surface area contributed by atoms with Crippen LogP contribution in [0.15, 0.2) is 29.2 Å². The van der Waals surface area contributed by atoms with Crippen molar-refractivity contribution in [1.82, 2.24) is 5.32 Å². The number of nitrogens with two attached hydrogens (primary N) is 1. The van der Waals surface area contributed by atoms with Crippen LogP contribution >= 0.6 is 23.4 Å². The smallest absolute Gasteiger partial charge is 0.230 e. The maximum Gasteiger partial charge on any atom is 0.230 e. The number of amides is 1. The fraction of sp³-hybridized carbons (Fsp3) is 0.462. The van der Waals surface area contributed by atoms with Gasteiger partial charge in [0.2, 0.25) is 5.91 Å². The predicted octanol–water partition coefficient (Wildman–Crippen LogP) is 2.29. The molecule has 0 aromatic heterocycles. The first-order valence-corrected chi connectivity index (χ1v) is 7.42. The second-order valence-corrected chi connectivity index (χ2v) is 6.03. The van der Waals surface area contributed by atoms with Gasteiger partial charge in [-0.2, -0.15) is 0 Å². The Bertz CT molecular complexity index is 406. The lowest BCUT2D eigenvalue weighted by atomic mass is 10.2. The second-order valence-electron chi connectivity index (χ2n) is 4.55. The lowest BCUT2D eigenvalue weighted by Gasteiger charge is -2.11. The molecule has 0 bridgehead atoms. The molecule has 5 heteroatoms. The van der Waals surface area contributed by atoms with E-state index in [-0.39, 0.29) is 11.9 Å². The molecule has 1 saturated carbocycles. The second kappa shape index (κ2) is 6.45. The first-order chi connectivity index (χ1) is 8.65. The van der Waals surface area contributed by atoms with E-state index >= 15 is 0 Å². The van der Waals surface area contributed by atoms with Crippen LogP contribution in [0, 0.1) is 5.92 Å². The molecule has 1 aliphatic carbocycles. The van der Waals surface area contributed by atoms with E-state index in [1.54, 1.807) is 0 Å². The predicted molar refractivity (Wildman–Crippen MR) is 75.9 cm³/mol. The van der Waals surface area contributed by atoms with E-state index in [2.05, 4.69) is 5.32 Å². The summed E-state index contributed by atoms with van der Waals surface area (Å²) in [5, 5.41) is 3.58. The van der Waals surface area contributed by atoms with E-state index in [4.69, 9.17) is 17.3 Å². The average molecular weight is 285 g/mol. The topological polar surface area (TPSA) is 55.1 Å².